The third-order valence-corrected chi connectivity index (χ3v) is 5.51. The Bertz CT molecular complexity index is 1410. The van der Waals surface area contributed by atoms with Gasteiger partial charge in [-0.3, -0.25) is 4.79 Å². The van der Waals surface area contributed by atoms with E-state index in [1.54, 1.807) is 23.2 Å². The highest BCUT2D eigenvalue weighted by Crippen LogP contribution is 2.32. The Morgan fingerprint density at radius 1 is 1.15 bits per heavy atom. The van der Waals surface area contributed by atoms with Crippen LogP contribution in [0.3, 0.4) is 0 Å². The van der Waals surface area contributed by atoms with Crippen LogP contribution in [-0.2, 0) is 17.8 Å². The van der Waals surface area contributed by atoms with Crippen LogP contribution in [0, 0.1) is 6.92 Å². The molecule has 0 atom stereocenters. The number of rotatable bonds is 4. The molecular formula is C23H20F3N7O. The molecule has 2 aromatic heterocycles. The van der Waals surface area contributed by atoms with Crippen LogP contribution < -0.4 is 16.0 Å². The lowest BCUT2D eigenvalue weighted by atomic mass is 10.1. The third-order valence-electron chi connectivity index (χ3n) is 5.51. The van der Waals surface area contributed by atoms with E-state index in [0.717, 1.165) is 22.2 Å². The van der Waals surface area contributed by atoms with Gasteiger partial charge < -0.3 is 20.9 Å². The van der Waals surface area contributed by atoms with Gasteiger partial charge in [-0.15, -0.1) is 0 Å². The lowest BCUT2D eigenvalue weighted by molar-refractivity contribution is -0.127. The van der Waals surface area contributed by atoms with E-state index in [-0.39, 0.29) is 24.6 Å². The van der Waals surface area contributed by atoms with E-state index in [4.69, 9.17) is 10.7 Å². The van der Waals surface area contributed by atoms with Gasteiger partial charge in [-0.25, -0.2) is 15.0 Å². The molecule has 174 valence electrons. The summed E-state index contributed by atoms with van der Waals surface area (Å²) in [5.74, 6) is 0.787. The highest BCUT2D eigenvalue weighted by Gasteiger charge is 2.28. The summed E-state index contributed by atoms with van der Waals surface area (Å²) in [6.45, 7) is 2.13. The number of nitrogens with two attached hydrogens (primary N) is 1. The lowest BCUT2D eigenvalue weighted by Crippen LogP contribution is -2.39. The topological polar surface area (TPSA) is 113 Å². The lowest BCUT2D eigenvalue weighted by Gasteiger charge is -2.29. The Kier molecular flexibility index (Phi) is 5.11. The van der Waals surface area contributed by atoms with Gasteiger partial charge in [0.2, 0.25) is 5.91 Å². The molecule has 3 heterocycles. The Morgan fingerprint density at radius 3 is 2.74 bits per heavy atom. The van der Waals surface area contributed by atoms with Crippen molar-refractivity contribution in [3.8, 4) is 11.3 Å². The number of aromatic amines is 1. The number of amides is 1. The van der Waals surface area contributed by atoms with E-state index in [0.29, 0.717) is 28.8 Å². The van der Waals surface area contributed by atoms with Gasteiger partial charge in [-0.1, -0.05) is 24.3 Å². The molecule has 34 heavy (non-hydrogen) atoms. The molecule has 2 aromatic carbocycles. The molecule has 0 unspecified atom stereocenters. The number of anilines is 3. The third kappa shape index (κ3) is 4.36. The van der Waals surface area contributed by atoms with Crippen LogP contribution in [0.5, 0.6) is 0 Å². The van der Waals surface area contributed by atoms with Crippen molar-refractivity contribution in [1.29, 1.82) is 0 Å². The number of halogens is 3. The number of aromatic nitrogens is 4. The van der Waals surface area contributed by atoms with Crippen LogP contribution >= 0.6 is 0 Å². The summed E-state index contributed by atoms with van der Waals surface area (Å²) in [4.78, 5) is 30.3. The molecule has 0 bridgehead atoms. The second-order valence-electron chi connectivity index (χ2n) is 8.25. The van der Waals surface area contributed by atoms with Crippen molar-refractivity contribution in [1.82, 2.24) is 19.9 Å². The Morgan fingerprint density at radius 2 is 1.94 bits per heavy atom. The molecule has 0 spiro atoms. The number of nitrogens with zero attached hydrogens (tertiary/aromatic N) is 4. The summed E-state index contributed by atoms with van der Waals surface area (Å²) in [5.41, 5.74) is 10.4. The van der Waals surface area contributed by atoms with Gasteiger partial charge in [0, 0.05) is 12.1 Å². The molecule has 1 amide bonds. The van der Waals surface area contributed by atoms with Gasteiger partial charge in [-0.2, -0.15) is 13.2 Å². The first-order valence-electron chi connectivity index (χ1n) is 10.5. The summed E-state index contributed by atoms with van der Waals surface area (Å²) in [6.07, 6.45) is -3.75. The van der Waals surface area contributed by atoms with Crippen molar-refractivity contribution >= 4 is 34.5 Å². The molecule has 0 radical (unpaired) electrons. The zero-order valence-corrected chi connectivity index (χ0v) is 18.1. The maximum absolute atomic E-state index is 12.8. The van der Waals surface area contributed by atoms with Crippen LogP contribution in [0.2, 0.25) is 0 Å². The van der Waals surface area contributed by atoms with Gasteiger partial charge in [0.05, 0.1) is 35.9 Å². The van der Waals surface area contributed by atoms with E-state index in [1.165, 1.54) is 12.1 Å². The Hall–Kier alpha value is -4.15. The molecule has 5 rings (SSSR count). The molecule has 0 fully saturated rings. The van der Waals surface area contributed by atoms with Gasteiger partial charge in [0.1, 0.15) is 0 Å². The average molecular weight is 467 g/mol. The van der Waals surface area contributed by atoms with E-state index in [2.05, 4.69) is 20.3 Å². The van der Waals surface area contributed by atoms with E-state index >= 15 is 0 Å². The predicted molar refractivity (Wildman–Crippen MR) is 122 cm³/mol. The van der Waals surface area contributed by atoms with Crippen LogP contribution in [0.4, 0.5) is 30.8 Å². The van der Waals surface area contributed by atoms with Crippen molar-refractivity contribution in [3.05, 3.63) is 59.3 Å². The number of aryl methyl sites for hydroxylation is 1. The van der Waals surface area contributed by atoms with E-state index in [1.807, 2.05) is 19.1 Å². The van der Waals surface area contributed by atoms with Crippen molar-refractivity contribution < 1.29 is 18.0 Å². The molecule has 11 heteroatoms. The fraction of sp³-hybridized carbons (Fsp3) is 0.217. The zero-order chi connectivity index (χ0) is 24.0. The van der Waals surface area contributed by atoms with E-state index < -0.39 is 12.6 Å². The van der Waals surface area contributed by atoms with Gasteiger partial charge in [0.25, 0.3) is 0 Å². The Labute approximate surface area is 192 Å². The van der Waals surface area contributed by atoms with Crippen molar-refractivity contribution in [2.45, 2.75) is 26.1 Å². The molecule has 0 saturated carbocycles. The monoisotopic (exact) mass is 467 g/mol. The van der Waals surface area contributed by atoms with Crippen LogP contribution in [0.15, 0.2) is 42.6 Å². The normalized spacial score (nSPS) is 13.8. The summed E-state index contributed by atoms with van der Waals surface area (Å²) in [6, 6.07) is 10.0. The molecule has 0 saturated heterocycles. The number of hydrogen-bond acceptors (Lipinski definition) is 6. The SMILES string of the molecule is Cc1cc(-c2cnc3c(n2)N(Cc2cccc(CC(F)(F)F)c2)CC(=O)N3)cc2[nH]c(N)nc12. The highest BCUT2D eigenvalue weighted by atomic mass is 19.4. The number of nitrogens with one attached hydrogen (secondary N) is 2. The minimum atomic E-state index is -4.30. The quantitative estimate of drug-likeness (QED) is 0.419. The highest BCUT2D eigenvalue weighted by molar-refractivity contribution is 5.99. The van der Waals surface area contributed by atoms with Gasteiger partial charge in [-0.05, 0) is 35.7 Å². The first-order chi connectivity index (χ1) is 16.1. The van der Waals surface area contributed by atoms with Gasteiger partial charge in [0.15, 0.2) is 17.6 Å². The molecule has 0 aliphatic carbocycles. The number of hydrogen-bond donors (Lipinski definition) is 3. The van der Waals surface area contributed by atoms with Crippen LogP contribution in [-0.4, -0.2) is 38.6 Å². The molecular weight excluding hydrogens is 447 g/mol. The summed E-state index contributed by atoms with van der Waals surface area (Å²) >= 11 is 0. The minimum Gasteiger partial charge on any atom is -0.369 e. The number of benzene rings is 2. The zero-order valence-electron chi connectivity index (χ0n) is 18.1. The van der Waals surface area contributed by atoms with Crippen molar-refractivity contribution in [3.63, 3.8) is 0 Å². The standard InChI is InChI=1S/C23H20F3N7O/c1-12-5-15(7-16-19(12)32-22(27)30-16)17-9-28-20-21(29-17)33(11-18(34)31-20)10-14-4-2-3-13(6-14)8-23(24,25)26/h2-7,9H,8,10-11H2,1H3,(H3,27,30,32)(H,28,31,34). The maximum Gasteiger partial charge on any atom is 0.393 e. The molecule has 1 aliphatic heterocycles. The molecule has 1 aliphatic rings. The number of carbonyl (C=O) groups excluding carboxylic acids is 1. The molecule has 4 aromatic rings. The molecule has 8 nitrogen and oxygen atoms in total. The first kappa shape index (κ1) is 21.7. The number of fused-ring (bicyclic) bond motifs is 2. The molecule has 4 N–H and O–H groups in total. The largest absolute Gasteiger partial charge is 0.393 e. The second kappa shape index (κ2) is 8.01. The summed E-state index contributed by atoms with van der Waals surface area (Å²) < 4.78 is 38.5. The first-order valence-corrected chi connectivity index (χ1v) is 10.5. The number of carbonyl (C=O) groups is 1. The van der Waals surface area contributed by atoms with Crippen molar-refractivity contribution in [2.75, 3.05) is 22.5 Å². The number of nitrogen functional groups attached to an aromatic ring is 1. The Balaban J connectivity index is 1.49. The smallest absolute Gasteiger partial charge is 0.369 e. The number of alkyl halides is 3. The fourth-order valence-electron chi connectivity index (χ4n) is 4.13. The second-order valence-corrected chi connectivity index (χ2v) is 8.25. The number of H-pyrrole nitrogens is 1. The van der Waals surface area contributed by atoms with Crippen LogP contribution in [0.25, 0.3) is 22.3 Å². The fourth-order valence-corrected chi connectivity index (χ4v) is 4.13. The van der Waals surface area contributed by atoms with E-state index in [9.17, 15) is 18.0 Å². The van der Waals surface area contributed by atoms with Gasteiger partial charge >= 0.3 is 6.18 Å². The average Bonchev–Trinajstić information content (AvgIpc) is 3.13. The van der Waals surface area contributed by atoms with Crippen molar-refractivity contribution in [2.24, 2.45) is 0 Å². The maximum atomic E-state index is 12.8. The minimum absolute atomic E-state index is 0.00375. The predicted octanol–water partition coefficient (Wildman–Crippen LogP) is 3.97. The summed E-state index contributed by atoms with van der Waals surface area (Å²) in [7, 11) is 0. The van der Waals surface area contributed by atoms with Crippen LogP contribution in [0.1, 0.15) is 16.7 Å². The summed E-state index contributed by atoms with van der Waals surface area (Å²) in [5, 5.41) is 2.71. The number of imidazole rings is 1.